The van der Waals surface area contributed by atoms with Gasteiger partial charge in [0.1, 0.15) is 12.0 Å². The van der Waals surface area contributed by atoms with Crippen LogP contribution in [0.5, 0.6) is 0 Å². The third-order valence-corrected chi connectivity index (χ3v) is 4.60. The molecule has 1 amide bonds. The molecule has 0 unspecified atom stereocenters. The molecule has 0 saturated carbocycles. The van der Waals surface area contributed by atoms with E-state index in [4.69, 9.17) is 0 Å². The molecule has 0 spiro atoms. The van der Waals surface area contributed by atoms with Crippen LogP contribution in [-0.2, 0) is 0 Å². The first kappa shape index (κ1) is 11.9. The molecule has 5 heteroatoms. The molecular weight excluding hydrogens is 252 g/mol. The van der Waals surface area contributed by atoms with Gasteiger partial charge in [0.25, 0.3) is 5.91 Å². The Labute approximate surface area is 117 Å². The zero-order chi connectivity index (χ0) is 13.7. The molecule has 20 heavy (non-hydrogen) atoms. The van der Waals surface area contributed by atoms with Crippen LogP contribution >= 0.6 is 0 Å². The number of carbonyl (C=O) groups excluding carboxylic acids is 1. The second-order valence-corrected chi connectivity index (χ2v) is 5.91. The van der Waals surface area contributed by atoms with Gasteiger partial charge in [-0.3, -0.25) is 4.79 Å². The van der Waals surface area contributed by atoms with Crippen molar-refractivity contribution in [1.82, 2.24) is 20.0 Å². The molecule has 104 valence electrons. The number of aryl methyl sites for hydroxylation is 1. The molecular formula is C15H18N4O. The highest BCUT2D eigenvalue weighted by Crippen LogP contribution is 2.28. The first-order chi connectivity index (χ1) is 9.70. The van der Waals surface area contributed by atoms with E-state index in [1.54, 1.807) is 6.33 Å². The van der Waals surface area contributed by atoms with Crippen molar-refractivity contribution in [3.63, 3.8) is 0 Å². The van der Waals surface area contributed by atoms with Crippen LogP contribution < -0.4 is 10.6 Å². The van der Waals surface area contributed by atoms with Crippen molar-refractivity contribution < 1.29 is 4.79 Å². The molecule has 3 atom stereocenters. The number of aromatic nitrogens is 2. The summed E-state index contributed by atoms with van der Waals surface area (Å²) in [5, 5.41) is 6.65. The lowest BCUT2D eigenvalue weighted by atomic mass is 9.95. The molecule has 4 rings (SSSR count). The third kappa shape index (κ3) is 1.81. The Bertz CT molecular complexity index is 678. The Morgan fingerprint density at radius 2 is 2.35 bits per heavy atom. The lowest BCUT2D eigenvalue weighted by molar-refractivity contribution is 0.0926. The topological polar surface area (TPSA) is 58.4 Å². The minimum absolute atomic E-state index is 0.0642. The zero-order valence-electron chi connectivity index (χ0n) is 11.5. The summed E-state index contributed by atoms with van der Waals surface area (Å²) in [6, 6.07) is 7.18. The van der Waals surface area contributed by atoms with Crippen molar-refractivity contribution in [1.29, 1.82) is 0 Å². The monoisotopic (exact) mass is 270 g/mol. The van der Waals surface area contributed by atoms with Gasteiger partial charge in [0, 0.05) is 29.3 Å². The van der Waals surface area contributed by atoms with Gasteiger partial charge in [0.05, 0.1) is 0 Å². The fourth-order valence-electron chi connectivity index (χ4n) is 3.49. The van der Waals surface area contributed by atoms with Crippen LogP contribution in [0.2, 0.25) is 0 Å². The van der Waals surface area contributed by atoms with E-state index >= 15 is 0 Å². The van der Waals surface area contributed by atoms with Gasteiger partial charge in [0.2, 0.25) is 0 Å². The summed E-state index contributed by atoms with van der Waals surface area (Å²) in [6.45, 7) is 2.02. The van der Waals surface area contributed by atoms with Crippen molar-refractivity contribution in [3.8, 4) is 0 Å². The van der Waals surface area contributed by atoms with Gasteiger partial charge in [-0.05, 0) is 44.4 Å². The predicted octanol–water partition coefficient (Wildman–Crippen LogP) is 1.27. The van der Waals surface area contributed by atoms with Gasteiger partial charge in [-0.1, -0.05) is 0 Å². The normalized spacial score (nSPS) is 28.1. The number of amides is 1. The van der Waals surface area contributed by atoms with Crippen molar-refractivity contribution >= 4 is 11.4 Å². The molecule has 5 nitrogen and oxygen atoms in total. The minimum atomic E-state index is -0.0642. The van der Waals surface area contributed by atoms with Crippen LogP contribution in [0.3, 0.4) is 0 Å². The highest BCUT2D eigenvalue weighted by molar-refractivity contribution is 5.93. The van der Waals surface area contributed by atoms with E-state index in [1.807, 2.05) is 29.5 Å². The Morgan fingerprint density at radius 1 is 1.45 bits per heavy atom. The summed E-state index contributed by atoms with van der Waals surface area (Å²) in [6.07, 6.45) is 5.17. The average molecular weight is 270 g/mol. The highest BCUT2D eigenvalue weighted by Gasteiger charge is 2.39. The first-order valence-corrected chi connectivity index (χ1v) is 7.21. The van der Waals surface area contributed by atoms with Crippen molar-refractivity contribution in [3.05, 3.63) is 35.9 Å². The number of fused-ring (bicyclic) bond motifs is 3. The standard InChI is InChI=1S/C15H18N4O/c1-9-2-4-11-7-14(16-8-19(9)11)15(20)18-13-6-10-3-5-12(13)17-10/h2,4,7-8,10,12-13,17H,3,5-6H2,1H3,(H,18,20)/t10-,12+,13-/m1/s1. The number of nitrogens with one attached hydrogen (secondary N) is 2. The molecule has 2 aromatic heterocycles. The van der Waals surface area contributed by atoms with Crippen LogP contribution in [0, 0.1) is 6.92 Å². The maximum absolute atomic E-state index is 12.3. The molecule has 2 aliphatic heterocycles. The Hall–Kier alpha value is -1.88. The quantitative estimate of drug-likeness (QED) is 0.864. The van der Waals surface area contributed by atoms with Gasteiger partial charge < -0.3 is 15.0 Å². The minimum Gasteiger partial charge on any atom is -0.346 e. The number of carbonyl (C=O) groups is 1. The van der Waals surface area contributed by atoms with Gasteiger partial charge in [-0.2, -0.15) is 0 Å². The van der Waals surface area contributed by atoms with Crippen LogP contribution in [0.15, 0.2) is 24.5 Å². The maximum Gasteiger partial charge on any atom is 0.270 e. The van der Waals surface area contributed by atoms with E-state index < -0.39 is 0 Å². The summed E-state index contributed by atoms with van der Waals surface area (Å²) >= 11 is 0. The summed E-state index contributed by atoms with van der Waals surface area (Å²) in [7, 11) is 0. The number of hydrogen-bond acceptors (Lipinski definition) is 3. The molecule has 2 aliphatic rings. The molecule has 2 saturated heterocycles. The molecule has 2 aromatic rings. The first-order valence-electron chi connectivity index (χ1n) is 7.21. The molecule has 0 aromatic carbocycles. The summed E-state index contributed by atoms with van der Waals surface area (Å²) < 4.78 is 1.98. The van der Waals surface area contributed by atoms with E-state index in [9.17, 15) is 4.79 Å². The van der Waals surface area contributed by atoms with Crippen LogP contribution in [0.1, 0.15) is 35.4 Å². The van der Waals surface area contributed by atoms with E-state index in [0.29, 0.717) is 17.8 Å². The van der Waals surface area contributed by atoms with Crippen molar-refractivity contribution in [2.24, 2.45) is 0 Å². The summed E-state index contributed by atoms with van der Waals surface area (Å²) in [5.74, 6) is -0.0642. The molecule has 2 fully saturated rings. The smallest absolute Gasteiger partial charge is 0.270 e. The summed E-state index contributed by atoms with van der Waals surface area (Å²) in [5.41, 5.74) is 2.63. The van der Waals surface area contributed by atoms with Crippen LogP contribution in [-0.4, -0.2) is 33.4 Å². The van der Waals surface area contributed by atoms with E-state index in [0.717, 1.165) is 17.6 Å². The lowest BCUT2D eigenvalue weighted by Gasteiger charge is -2.21. The SMILES string of the molecule is Cc1ccc2cc(C(=O)N[C@@H]3C[C@H]4CC[C@@H]3N4)ncn12. The van der Waals surface area contributed by atoms with Gasteiger partial charge in [0.15, 0.2) is 0 Å². The number of rotatable bonds is 2. The summed E-state index contributed by atoms with van der Waals surface area (Å²) in [4.78, 5) is 16.6. The van der Waals surface area contributed by atoms with Crippen LogP contribution in [0.4, 0.5) is 0 Å². The third-order valence-electron chi connectivity index (χ3n) is 4.60. The van der Waals surface area contributed by atoms with Gasteiger partial charge in [-0.15, -0.1) is 0 Å². The van der Waals surface area contributed by atoms with Crippen molar-refractivity contribution in [2.45, 2.75) is 44.3 Å². The fraction of sp³-hybridized carbons (Fsp3) is 0.467. The van der Waals surface area contributed by atoms with Crippen LogP contribution in [0.25, 0.3) is 5.52 Å². The largest absolute Gasteiger partial charge is 0.346 e. The molecule has 2 bridgehead atoms. The fourth-order valence-corrected chi connectivity index (χ4v) is 3.49. The maximum atomic E-state index is 12.3. The average Bonchev–Trinajstić information content (AvgIpc) is 3.14. The molecule has 0 aliphatic carbocycles. The lowest BCUT2D eigenvalue weighted by Crippen LogP contribution is -2.43. The second kappa shape index (κ2) is 4.31. The van der Waals surface area contributed by atoms with E-state index in [2.05, 4.69) is 15.6 Å². The number of nitrogens with zero attached hydrogens (tertiary/aromatic N) is 2. The number of hydrogen-bond donors (Lipinski definition) is 2. The second-order valence-electron chi connectivity index (χ2n) is 5.91. The predicted molar refractivity (Wildman–Crippen MR) is 75.7 cm³/mol. The molecule has 2 N–H and O–H groups in total. The Morgan fingerprint density at radius 3 is 3.10 bits per heavy atom. The zero-order valence-corrected chi connectivity index (χ0v) is 11.5. The van der Waals surface area contributed by atoms with E-state index in [1.165, 1.54) is 12.8 Å². The molecule has 0 radical (unpaired) electrons. The Balaban J connectivity index is 1.54. The van der Waals surface area contributed by atoms with E-state index in [-0.39, 0.29) is 11.9 Å². The molecule has 4 heterocycles. The Kier molecular flexibility index (Phi) is 2.57. The highest BCUT2D eigenvalue weighted by atomic mass is 16.2. The van der Waals surface area contributed by atoms with Gasteiger partial charge >= 0.3 is 0 Å². The van der Waals surface area contributed by atoms with Gasteiger partial charge in [-0.25, -0.2) is 4.98 Å². The van der Waals surface area contributed by atoms with Crippen molar-refractivity contribution in [2.75, 3.05) is 0 Å².